The van der Waals surface area contributed by atoms with E-state index in [1.807, 2.05) is 0 Å². The number of fused-ring (bicyclic) bond motifs is 10. The molecule has 2 fully saturated rings. The van der Waals surface area contributed by atoms with E-state index >= 15 is 0 Å². The Hall–Kier alpha value is -6.20. The number of hydrogen-bond donors (Lipinski definition) is 0. The van der Waals surface area contributed by atoms with Gasteiger partial charge in [0.15, 0.2) is 0 Å². The average molecular weight is 847 g/mol. The van der Waals surface area contributed by atoms with Crippen molar-refractivity contribution in [3.05, 3.63) is 174 Å². The summed E-state index contributed by atoms with van der Waals surface area (Å²) < 4.78 is 0. The van der Waals surface area contributed by atoms with E-state index in [4.69, 9.17) is 0 Å². The van der Waals surface area contributed by atoms with E-state index in [1.165, 1.54) is 122 Å². The van der Waals surface area contributed by atoms with Crippen molar-refractivity contribution in [2.75, 3.05) is 19.6 Å². The monoisotopic (exact) mass is 846 g/mol. The molecule has 7 aromatic carbocycles. The largest absolute Gasteiger partial charge is 0.334 e. The van der Waals surface area contributed by atoms with Gasteiger partial charge in [0.25, 0.3) is 6.71 Å². The molecule has 65 heavy (non-hydrogen) atoms. The summed E-state index contributed by atoms with van der Waals surface area (Å²) in [4.78, 5) is 10.7. The van der Waals surface area contributed by atoms with Crippen LogP contribution < -0.4 is 36.0 Å². The van der Waals surface area contributed by atoms with Crippen molar-refractivity contribution in [2.45, 2.75) is 114 Å². The van der Waals surface area contributed by atoms with Crippen LogP contribution in [0.2, 0.25) is 0 Å². The van der Waals surface area contributed by atoms with Gasteiger partial charge in [0.05, 0.1) is 11.1 Å². The van der Waals surface area contributed by atoms with Crippen LogP contribution in [0.25, 0.3) is 0 Å². The second-order valence-electron chi connectivity index (χ2n) is 22.1. The van der Waals surface area contributed by atoms with Crippen LogP contribution in [-0.4, -0.2) is 17.8 Å². The first-order valence-electron chi connectivity index (χ1n) is 24.3. The van der Waals surface area contributed by atoms with E-state index in [0.717, 1.165) is 6.42 Å². The predicted octanol–water partition coefficient (Wildman–Crippen LogP) is 13.8. The molecule has 4 heterocycles. The number of hydrogen-bond acceptors (Lipinski definition) is 4. The summed E-state index contributed by atoms with van der Waals surface area (Å²) >= 11 is 0. The van der Waals surface area contributed by atoms with E-state index in [2.05, 4.69) is 226 Å². The van der Waals surface area contributed by atoms with Crippen molar-refractivity contribution >= 4 is 80.0 Å². The SMILES string of the molecule is CC(C)(C)c1ccc(N2c3cc(N4c5ccccc5C5(C)CCCC45C)ccc3B3c4ccccc4N(c4ccccc4)c4cc(N5c6ccccc6C6(C)CCCC56C)cc2c43)cc1. The van der Waals surface area contributed by atoms with Gasteiger partial charge < -0.3 is 19.6 Å². The fourth-order valence-electron chi connectivity index (χ4n) is 14.3. The van der Waals surface area contributed by atoms with E-state index in [-0.39, 0.29) is 34.0 Å². The molecule has 4 atom stereocenters. The normalized spacial score (nSPS) is 25.5. The van der Waals surface area contributed by atoms with Crippen LogP contribution in [0.4, 0.5) is 56.9 Å². The average Bonchev–Trinajstić information content (AvgIpc) is 3.92. The smallest absolute Gasteiger partial charge is 0.252 e. The molecule has 322 valence electrons. The molecule has 0 bridgehead atoms. The summed E-state index contributed by atoms with van der Waals surface area (Å²) in [5.41, 5.74) is 21.1. The van der Waals surface area contributed by atoms with Gasteiger partial charge >= 0.3 is 0 Å². The van der Waals surface area contributed by atoms with Crippen molar-refractivity contribution in [1.29, 1.82) is 0 Å². The minimum Gasteiger partial charge on any atom is -0.334 e. The van der Waals surface area contributed by atoms with Gasteiger partial charge in [-0.15, -0.1) is 0 Å². The van der Waals surface area contributed by atoms with Crippen molar-refractivity contribution in [1.82, 2.24) is 0 Å². The molecule has 13 rings (SSSR count). The molecule has 4 nitrogen and oxygen atoms in total. The molecule has 0 amide bonds. The molecule has 0 spiro atoms. The fraction of sp³-hybridized carbons (Fsp3) is 0.300. The van der Waals surface area contributed by atoms with Crippen LogP contribution in [0.1, 0.15) is 104 Å². The highest BCUT2D eigenvalue weighted by Gasteiger charge is 2.61. The second-order valence-corrected chi connectivity index (χ2v) is 22.1. The topological polar surface area (TPSA) is 13.0 Å². The van der Waals surface area contributed by atoms with E-state index in [0.29, 0.717) is 0 Å². The van der Waals surface area contributed by atoms with Crippen LogP contribution in [0.15, 0.2) is 158 Å². The zero-order valence-corrected chi connectivity index (χ0v) is 39.1. The Morgan fingerprint density at radius 3 is 1.48 bits per heavy atom. The lowest BCUT2D eigenvalue weighted by atomic mass is 9.33. The Morgan fingerprint density at radius 1 is 0.415 bits per heavy atom. The standard InChI is InChI=1S/C60H59BN4/c1-56(2,3)40-27-29-42(30-28-40)63-52-37-43(64-49-24-14-11-21-45(49)57(4)33-17-35-59(57,64)6)31-32-48(52)61-47-23-13-16-26-51(47)62(41-19-9-8-10-20-41)53-38-44(39-54(63)55(53)61)65-50-25-15-12-22-46(50)58(5)34-18-36-60(58,65)7/h8-16,19-32,37-39H,17-18,33-36H2,1-7H3. The number of rotatable bonds is 4. The lowest BCUT2D eigenvalue weighted by molar-refractivity contribution is 0.330. The van der Waals surface area contributed by atoms with E-state index < -0.39 is 0 Å². The minimum absolute atomic E-state index is 0.0306. The molecular weight excluding hydrogens is 787 g/mol. The van der Waals surface area contributed by atoms with Gasteiger partial charge in [-0.3, -0.25) is 0 Å². The number of nitrogens with zero attached hydrogens (tertiary/aromatic N) is 4. The van der Waals surface area contributed by atoms with Crippen LogP contribution in [0, 0.1) is 0 Å². The molecule has 6 aliphatic rings. The third-order valence-electron chi connectivity index (χ3n) is 18.0. The van der Waals surface area contributed by atoms with Crippen molar-refractivity contribution < 1.29 is 0 Å². The molecule has 7 aromatic rings. The van der Waals surface area contributed by atoms with Gasteiger partial charge in [-0.05, 0) is 145 Å². The maximum Gasteiger partial charge on any atom is 0.252 e. The van der Waals surface area contributed by atoms with Gasteiger partial charge in [0.1, 0.15) is 0 Å². The fourth-order valence-corrected chi connectivity index (χ4v) is 14.3. The van der Waals surface area contributed by atoms with Crippen molar-refractivity contribution in [3.8, 4) is 0 Å². The molecule has 0 radical (unpaired) electrons. The lowest BCUT2D eigenvalue weighted by Gasteiger charge is -2.47. The van der Waals surface area contributed by atoms with Crippen molar-refractivity contribution in [2.24, 2.45) is 0 Å². The van der Waals surface area contributed by atoms with E-state index in [9.17, 15) is 0 Å². The summed E-state index contributed by atoms with van der Waals surface area (Å²) in [6.45, 7) is 17.2. The minimum atomic E-state index is -0.0767. The first kappa shape index (κ1) is 39.2. The van der Waals surface area contributed by atoms with E-state index in [1.54, 1.807) is 0 Å². The van der Waals surface area contributed by atoms with Gasteiger partial charge in [0, 0.05) is 67.7 Å². The van der Waals surface area contributed by atoms with Crippen molar-refractivity contribution in [3.63, 3.8) is 0 Å². The molecular formula is C60H59BN4. The summed E-state index contributed by atoms with van der Waals surface area (Å²) in [5.74, 6) is 0. The molecule has 4 unspecified atom stereocenters. The molecule has 5 heteroatoms. The molecule has 4 aliphatic heterocycles. The van der Waals surface area contributed by atoms with Gasteiger partial charge in [0.2, 0.25) is 0 Å². The van der Waals surface area contributed by atoms with Gasteiger partial charge in [-0.25, -0.2) is 0 Å². The zero-order valence-electron chi connectivity index (χ0n) is 39.1. The molecule has 0 N–H and O–H groups in total. The highest BCUT2D eigenvalue weighted by atomic mass is 15.3. The lowest BCUT2D eigenvalue weighted by Crippen LogP contribution is -2.61. The molecule has 2 aliphatic carbocycles. The summed E-state index contributed by atoms with van der Waals surface area (Å²) in [5, 5.41) is 0. The summed E-state index contributed by atoms with van der Waals surface area (Å²) in [7, 11) is 0. The third-order valence-corrected chi connectivity index (χ3v) is 18.0. The maximum absolute atomic E-state index is 2.76. The Kier molecular flexibility index (Phi) is 7.97. The molecule has 0 saturated heterocycles. The molecule has 0 aromatic heterocycles. The Morgan fingerprint density at radius 2 is 0.877 bits per heavy atom. The Balaban J connectivity index is 1.12. The first-order valence-corrected chi connectivity index (χ1v) is 24.3. The number of benzene rings is 7. The maximum atomic E-state index is 2.76. The van der Waals surface area contributed by atoms with Crippen LogP contribution in [0.5, 0.6) is 0 Å². The highest BCUT2D eigenvalue weighted by molar-refractivity contribution is 7.00. The Bertz CT molecular complexity index is 3100. The summed E-state index contributed by atoms with van der Waals surface area (Å²) in [6, 6.07) is 61.1. The molecule has 2 saturated carbocycles. The van der Waals surface area contributed by atoms with Crippen LogP contribution in [-0.2, 0) is 16.2 Å². The first-order chi connectivity index (χ1) is 31.4. The zero-order chi connectivity index (χ0) is 44.3. The quantitative estimate of drug-likeness (QED) is 0.164. The third kappa shape index (κ3) is 5.00. The second kappa shape index (κ2) is 13.2. The van der Waals surface area contributed by atoms with Crippen LogP contribution >= 0.6 is 0 Å². The highest BCUT2D eigenvalue weighted by Crippen LogP contribution is 2.64. The van der Waals surface area contributed by atoms with Gasteiger partial charge in [-0.2, -0.15) is 0 Å². The Labute approximate surface area is 386 Å². The predicted molar refractivity (Wildman–Crippen MR) is 276 cm³/mol. The van der Waals surface area contributed by atoms with Gasteiger partial charge in [-0.1, -0.05) is 138 Å². The number of para-hydroxylation sites is 4. The summed E-state index contributed by atoms with van der Waals surface area (Å²) in [6.07, 6.45) is 7.19. The van der Waals surface area contributed by atoms with Crippen LogP contribution in [0.3, 0.4) is 0 Å². The number of anilines is 10.